The third kappa shape index (κ3) is 3.48. The average molecular weight is 318 g/mol. The summed E-state index contributed by atoms with van der Waals surface area (Å²) in [7, 11) is 0. The maximum absolute atomic E-state index is 13.6. The molecule has 0 spiro atoms. The third-order valence-corrected chi connectivity index (χ3v) is 4.09. The van der Waals surface area contributed by atoms with Crippen LogP contribution in [0.25, 0.3) is 0 Å². The highest BCUT2D eigenvalue weighted by atomic mass is 35.5. The minimum Gasteiger partial charge on any atom is -0.323 e. The molecule has 0 aromatic heterocycles. The van der Waals surface area contributed by atoms with Crippen molar-refractivity contribution in [1.29, 1.82) is 0 Å². The molecule has 0 bridgehead atoms. The SMILES string of the molecule is NC(CSc1ccc(Cl)cc1)c1ccc(F)c(F)c1F. The molecule has 0 fully saturated rings. The molecular formula is C14H11ClF3NS. The zero-order valence-corrected chi connectivity index (χ0v) is 11.8. The van der Waals surface area contributed by atoms with E-state index in [1.807, 2.05) is 0 Å². The summed E-state index contributed by atoms with van der Waals surface area (Å²) < 4.78 is 39.5. The van der Waals surface area contributed by atoms with Crippen LogP contribution in [0.3, 0.4) is 0 Å². The van der Waals surface area contributed by atoms with Crippen LogP contribution in [0.1, 0.15) is 11.6 Å². The predicted molar refractivity (Wildman–Crippen MR) is 75.4 cm³/mol. The Bertz CT molecular complexity index is 604. The summed E-state index contributed by atoms with van der Waals surface area (Å²) in [5, 5.41) is 0.616. The molecule has 2 aromatic rings. The molecule has 0 radical (unpaired) electrons. The number of rotatable bonds is 4. The van der Waals surface area contributed by atoms with E-state index >= 15 is 0 Å². The second-order valence-electron chi connectivity index (χ2n) is 4.14. The monoisotopic (exact) mass is 317 g/mol. The average Bonchev–Trinajstić information content (AvgIpc) is 2.44. The van der Waals surface area contributed by atoms with Crippen LogP contribution in [0.4, 0.5) is 13.2 Å². The Kier molecular flexibility index (Phi) is 4.96. The van der Waals surface area contributed by atoms with Gasteiger partial charge >= 0.3 is 0 Å². The highest BCUT2D eigenvalue weighted by Crippen LogP contribution is 2.27. The van der Waals surface area contributed by atoms with Gasteiger partial charge in [-0.25, -0.2) is 13.2 Å². The molecule has 0 heterocycles. The number of thioether (sulfide) groups is 1. The minimum atomic E-state index is -1.49. The van der Waals surface area contributed by atoms with Crippen molar-refractivity contribution in [2.75, 3.05) is 5.75 Å². The Balaban J connectivity index is 2.07. The van der Waals surface area contributed by atoms with Crippen LogP contribution in [0.15, 0.2) is 41.3 Å². The standard InChI is InChI=1S/C14H11ClF3NS/c15-8-1-3-9(4-2-8)20-7-12(19)10-5-6-11(16)14(18)13(10)17/h1-6,12H,7,19H2. The molecule has 0 saturated heterocycles. The molecule has 0 saturated carbocycles. The summed E-state index contributed by atoms with van der Waals surface area (Å²) in [5.74, 6) is -3.60. The van der Waals surface area contributed by atoms with Crippen molar-refractivity contribution in [2.45, 2.75) is 10.9 Å². The van der Waals surface area contributed by atoms with Crippen molar-refractivity contribution >= 4 is 23.4 Å². The van der Waals surface area contributed by atoms with Gasteiger partial charge in [-0.3, -0.25) is 0 Å². The lowest BCUT2D eigenvalue weighted by Crippen LogP contribution is -2.16. The van der Waals surface area contributed by atoms with Crippen molar-refractivity contribution in [3.05, 3.63) is 64.4 Å². The molecule has 2 aromatic carbocycles. The van der Waals surface area contributed by atoms with Crippen LogP contribution in [-0.4, -0.2) is 5.75 Å². The van der Waals surface area contributed by atoms with E-state index < -0.39 is 23.5 Å². The summed E-state index contributed by atoms with van der Waals surface area (Å²) in [6.45, 7) is 0. The first-order valence-corrected chi connectivity index (χ1v) is 7.12. The van der Waals surface area contributed by atoms with E-state index in [-0.39, 0.29) is 5.56 Å². The molecule has 6 heteroatoms. The van der Waals surface area contributed by atoms with E-state index in [1.54, 1.807) is 24.3 Å². The maximum Gasteiger partial charge on any atom is 0.194 e. The fourth-order valence-corrected chi connectivity index (χ4v) is 2.64. The molecule has 2 N–H and O–H groups in total. The molecule has 106 valence electrons. The number of hydrogen-bond donors (Lipinski definition) is 1. The lowest BCUT2D eigenvalue weighted by molar-refractivity contribution is 0.437. The van der Waals surface area contributed by atoms with E-state index in [0.29, 0.717) is 10.8 Å². The zero-order valence-electron chi connectivity index (χ0n) is 10.2. The molecule has 20 heavy (non-hydrogen) atoms. The van der Waals surface area contributed by atoms with E-state index in [9.17, 15) is 13.2 Å². The van der Waals surface area contributed by atoms with Crippen LogP contribution in [0, 0.1) is 17.5 Å². The van der Waals surface area contributed by atoms with Gasteiger partial charge in [-0.1, -0.05) is 17.7 Å². The minimum absolute atomic E-state index is 0.0367. The van der Waals surface area contributed by atoms with Crippen LogP contribution in [0.5, 0.6) is 0 Å². The molecule has 0 amide bonds. The van der Waals surface area contributed by atoms with Gasteiger partial charge in [-0.15, -0.1) is 11.8 Å². The smallest absolute Gasteiger partial charge is 0.194 e. The fourth-order valence-electron chi connectivity index (χ4n) is 1.63. The Morgan fingerprint density at radius 1 is 1.00 bits per heavy atom. The van der Waals surface area contributed by atoms with Gasteiger partial charge in [0.2, 0.25) is 0 Å². The van der Waals surface area contributed by atoms with Crippen molar-refractivity contribution < 1.29 is 13.2 Å². The quantitative estimate of drug-likeness (QED) is 0.661. The first-order valence-electron chi connectivity index (χ1n) is 5.76. The molecule has 0 aliphatic rings. The molecule has 0 aliphatic heterocycles. The van der Waals surface area contributed by atoms with Crippen LogP contribution in [0.2, 0.25) is 5.02 Å². The molecule has 1 nitrogen and oxygen atoms in total. The summed E-state index contributed by atoms with van der Waals surface area (Å²) in [5.41, 5.74) is 5.78. The Hall–Kier alpha value is -1.17. The largest absolute Gasteiger partial charge is 0.323 e. The Morgan fingerprint density at radius 3 is 2.30 bits per heavy atom. The van der Waals surface area contributed by atoms with Gasteiger partial charge in [0.15, 0.2) is 17.5 Å². The van der Waals surface area contributed by atoms with E-state index in [1.165, 1.54) is 17.8 Å². The Labute approximate surface area is 123 Å². The Morgan fingerprint density at radius 2 is 1.65 bits per heavy atom. The maximum atomic E-state index is 13.6. The zero-order chi connectivity index (χ0) is 14.7. The van der Waals surface area contributed by atoms with E-state index in [4.69, 9.17) is 17.3 Å². The van der Waals surface area contributed by atoms with Gasteiger partial charge in [-0.2, -0.15) is 0 Å². The molecule has 0 aliphatic carbocycles. The predicted octanol–water partition coefficient (Wildman–Crippen LogP) is 4.55. The summed E-state index contributed by atoms with van der Waals surface area (Å²) in [6, 6.07) is 8.39. The van der Waals surface area contributed by atoms with Crippen molar-refractivity contribution in [1.82, 2.24) is 0 Å². The van der Waals surface area contributed by atoms with Gasteiger partial charge in [-0.05, 0) is 30.3 Å². The lowest BCUT2D eigenvalue weighted by atomic mass is 10.1. The third-order valence-electron chi connectivity index (χ3n) is 2.71. The van der Waals surface area contributed by atoms with Gasteiger partial charge < -0.3 is 5.73 Å². The second kappa shape index (κ2) is 6.52. The summed E-state index contributed by atoms with van der Waals surface area (Å²) >= 11 is 7.15. The topological polar surface area (TPSA) is 26.0 Å². The highest BCUT2D eigenvalue weighted by Gasteiger charge is 2.18. The van der Waals surface area contributed by atoms with Crippen LogP contribution >= 0.6 is 23.4 Å². The van der Waals surface area contributed by atoms with Gasteiger partial charge in [0.05, 0.1) is 0 Å². The normalized spacial score (nSPS) is 12.4. The molecule has 2 rings (SSSR count). The lowest BCUT2D eigenvalue weighted by Gasteiger charge is -2.13. The van der Waals surface area contributed by atoms with Crippen molar-refractivity contribution in [3.63, 3.8) is 0 Å². The fraction of sp³-hybridized carbons (Fsp3) is 0.143. The van der Waals surface area contributed by atoms with Gasteiger partial charge in [0.1, 0.15) is 0 Å². The summed E-state index contributed by atoms with van der Waals surface area (Å²) in [6.07, 6.45) is 0. The van der Waals surface area contributed by atoms with Crippen molar-refractivity contribution in [3.8, 4) is 0 Å². The highest BCUT2D eigenvalue weighted by molar-refractivity contribution is 7.99. The van der Waals surface area contributed by atoms with E-state index in [2.05, 4.69) is 0 Å². The number of halogens is 4. The first kappa shape index (κ1) is 15.2. The molecular weight excluding hydrogens is 307 g/mol. The summed E-state index contributed by atoms with van der Waals surface area (Å²) in [4.78, 5) is 0.910. The number of benzene rings is 2. The molecule has 1 atom stereocenters. The van der Waals surface area contributed by atoms with Crippen LogP contribution < -0.4 is 5.73 Å². The van der Waals surface area contributed by atoms with Gasteiger partial charge in [0, 0.05) is 27.3 Å². The van der Waals surface area contributed by atoms with E-state index in [0.717, 1.165) is 11.0 Å². The second-order valence-corrected chi connectivity index (χ2v) is 5.67. The number of hydrogen-bond acceptors (Lipinski definition) is 2. The van der Waals surface area contributed by atoms with Crippen molar-refractivity contribution in [2.24, 2.45) is 5.73 Å². The molecule has 1 unspecified atom stereocenters. The number of nitrogens with two attached hydrogens (primary N) is 1. The first-order chi connectivity index (χ1) is 9.49. The van der Waals surface area contributed by atoms with Crippen LogP contribution in [-0.2, 0) is 0 Å². The van der Waals surface area contributed by atoms with Gasteiger partial charge in [0.25, 0.3) is 0 Å².